The van der Waals surface area contributed by atoms with Gasteiger partial charge in [0.05, 0.1) is 0 Å². The number of allylic oxidation sites excluding steroid dienone is 4. The van der Waals surface area contributed by atoms with Crippen LogP contribution in [-0.2, 0) is 0 Å². The van der Waals surface area contributed by atoms with E-state index in [0.717, 1.165) is 17.5 Å². The molecular weight excluding hydrogens is 290 g/mol. The zero-order chi connectivity index (χ0) is 16.1. The van der Waals surface area contributed by atoms with E-state index < -0.39 is 0 Å². The lowest BCUT2D eigenvalue weighted by molar-refractivity contribution is 0.374. The van der Waals surface area contributed by atoms with Gasteiger partial charge in [-0.2, -0.15) is 0 Å². The first-order valence-corrected chi connectivity index (χ1v) is 8.40. The molecule has 1 aromatic carbocycles. The molecule has 0 saturated carbocycles. The van der Waals surface area contributed by atoms with E-state index in [1.54, 1.807) is 0 Å². The van der Waals surface area contributed by atoms with Crippen molar-refractivity contribution in [2.24, 2.45) is 0 Å². The van der Waals surface area contributed by atoms with Crippen LogP contribution < -0.4 is 0 Å². The maximum Gasteiger partial charge on any atom is 0.0406 e. The average Bonchev–Trinajstić information content (AvgIpc) is 3.25. The highest BCUT2D eigenvalue weighted by Crippen LogP contribution is 2.38. The van der Waals surface area contributed by atoms with Crippen molar-refractivity contribution in [2.45, 2.75) is 45.7 Å². The van der Waals surface area contributed by atoms with Gasteiger partial charge in [-0.3, -0.25) is 4.90 Å². The first kappa shape index (κ1) is 17.1. The lowest BCUT2D eigenvalue weighted by Crippen LogP contribution is -2.13. The highest BCUT2D eigenvalue weighted by Gasteiger charge is 2.38. The molecular formula is C20H26ClN. The lowest BCUT2D eigenvalue weighted by atomic mass is 9.97. The fourth-order valence-electron chi connectivity index (χ4n) is 2.97. The van der Waals surface area contributed by atoms with E-state index in [4.69, 9.17) is 11.6 Å². The van der Waals surface area contributed by atoms with E-state index >= 15 is 0 Å². The molecule has 22 heavy (non-hydrogen) atoms. The molecule has 0 spiro atoms. The maximum absolute atomic E-state index is 6.04. The molecule has 118 valence electrons. The second-order valence-electron chi connectivity index (χ2n) is 6.23. The second-order valence-corrected chi connectivity index (χ2v) is 6.67. The van der Waals surface area contributed by atoms with Crippen molar-refractivity contribution in [3.8, 4) is 0 Å². The number of halogens is 1. The van der Waals surface area contributed by atoms with E-state index in [-0.39, 0.29) is 0 Å². The van der Waals surface area contributed by atoms with Gasteiger partial charge < -0.3 is 0 Å². The Morgan fingerprint density at radius 2 is 2.05 bits per heavy atom. The summed E-state index contributed by atoms with van der Waals surface area (Å²) < 4.78 is 0. The molecule has 1 heterocycles. The number of nitrogens with zero attached hydrogens (tertiary/aromatic N) is 1. The summed E-state index contributed by atoms with van der Waals surface area (Å²) in [4.78, 5) is 2.58. The summed E-state index contributed by atoms with van der Waals surface area (Å²) >= 11 is 6.04. The summed E-state index contributed by atoms with van der Waals surface area (Å²) in [5.41, 5.74) is 4.00. The molecule has 2 heteroatoms. The Morgan fingerprint density at radius 1 is 1.36 bits per heavy atom. The Balaban J connectivity index is 2.25. The van der Waals surface area contributed by atoms with E-state index in [2.05, 4.69) is 56.5 Å². The molecule has 0 amide bonds. The predicted octanol–water partition coefficient (Wildman–Crippen LogP) is 5.94. The summed E-state index contributed by atoms with van der Waals surface area (Å²) in [5, 5.41) is 0.798. The molecule has 1 aliphatic rings. The minimum Gasteiger partial charge on any atom is -0.290 e. The van der Waals surface area contributed by atoms with E-state index in [1.165, 1.54) is 29.7 Å². The Labute approximate surface area is 140 Å². The molecule has 1 aliphatic heterocycles. The summed E-state index contributed by atoms with van der Waals surface area (Å²) in [7, 11) is 0. The quantitative estimate of drug-likeness (QED) is 0.444. The van der Waals surface area contributed by atoms with Crippen LogP contribution in [0.15, 0.2) is 60.2 Å². The smallest absolute Gasteiger partial charge is 0.0406 e. The second kappa shape index (κ2) is 7.80. The Bertz CT molecular complexity index is 564. The van der Waals surface area contributed by atoms with Crippen LogP contribution in [0.3, 0.4) is 0 Å². The van der Waals surface area contributed by atoms with Crippen molar-refractivity contribution in [1.29, 1.82) is 0 Å². The van der Waals surface area contributed by atoms with Crippen molar-refractivity contribution < 1.29 is 0 Å². The van der Waals surface area contributed by atoms with Crippen LogP contribution in [0.25, 0.3) is 0 Å². The van der Waals surface area contributed by atoms with Gasteiger partial charge in [-0.25, -0.2) is 0 Å². The average molecular weight is 316 g/mol. The van der Waals surface area contributed by atoms with Crippen LogP contribution in [0, 0.1) is 0 Å². The van der Waals surface area contributed by atoms with Gasteiger partial charge in [-0.05, 0) is 50.0 Å². The molecule has 3 atom stereocenters. The normalized spacial score (nSPS) is 22.1. The van der Waals surface area contributed by atoms with Crippen molar-refractivity contribution in [3.63, 3.8) is 0 Å². The Morgan fingerprint density at radius 3 is 2.55 bits per heavy atom. The fourth-order valence-corrected chi connectivity index (χ4v) is 3.10. The lowest BCUT2D eigenvalue weighted by Gasteiger charge is -2.21. The summed E-state index contributed by atoms with van der Waals surface area (Å²) in [6, 6.07) is 9.44. The third-order valence-corrected chi connectivity index (χ3v) is 4.37. The molecule has 1 fully saturated rings. The largest absolute Gasteiger partial charge is 0.290 e. The van der Waals surface area contributed by atoms with Gasteiger partial charge in [0.1, 0.15) is 0 Å². The van der Waals surface area contributed by atoms with Crippen LogP contribution in [0.2, 0.25) is 5.02 Å². The standard InChI is InChI=1S/C20H26ClN/c1-5-7-16(12-15(3)4)13-20(22-14-19(22)6-2)17-8-10-18(21)11-9-17/h5,7-12,19-20H,1,6,13-14H2,2-4H3/b16-7+. The zero-order valence-corrected chi connectivity index (χ0v) is 14.6. The maximum atomic E-state index is 6.04. The molecule has 2 rings (SSSR count). The van der Waals surface area contributed by atoms with E-state index in [1.807, 2.05) is 18.2 Å². The number of rotatable bonds is 7. The molecule has 0 aliphatic carbocycles. The molecule has 1 aromatic rings. The Hall–Kier alpha value is -1.31. The molecule has 0 N–H and O–H groups in total. The third kappa shape index (κ3) is 4.59. The van der Waals surface area contributed by atoms with Crippen molar-refractivity contribution in [3.05, 3.63) is 70.8 Å². The molecule has 0 bridgehead atoms. The molecule has 0 aromatic heterocycles. The highest BCUT2D eigenvalue weighted by atomic mass is 35.5. The van der Waals surface area contributed by atoms with Crippen LogP contribution in [-0.4, -0.2) is 17.5 Å². The van der Waals surface area contributed by atoms with Crippen molar-refractivity contribution in [1.82, 2.24) is 4.90 Å². The third-order valence-electron chi connectivity index (χ3n) is 4.12. The SMILES string of the molecule is C=C/C=C(\C=C(C)C)CC(c1ccc(Cl)cc1)N1CC1CC. The number of hydrogen-bond acceptors (Lipinski definition) is 1. The summed E-state index contributed by atoms with van der Waals surface area (Å²) in [6.45, 7) is 11.6. The van der Waals surface area contributed by atoms with Gasteiger partial charge in [0, 0.05) is 23.7 Å². The highest BCUT2D eigenvalue weighted by molar-refractivity contribution is 6.30. The first-order chi connectivity index (χ1) is 10.5. The summed E-state index contributed by atoms with van der Waals surface area (Å²) in [5.74, 6) is 0. The van der Waals surface area contributed by atoms with E-state index in [0.29, 0.717) is 6.04 Å². The minimum absolute atomic E-state index is 0.420. The van der Waals surface area contributed by atoms with Gasteiger partial charge in [0.25, 0.3) is 0 Å². The molecule has 0 radical (unpaired) electrons. The Kier molecular flexibility index (Phi) is 6.05. The minimum atomic E-state index is 0.420. The molecule has 1 saturated heterocycles. The van der Waals surface area contributed by atoms with Gasteiger partial charge in [-0.1, -0.05) is 61.0 Å². The van der Waals surface area contributed by atoms with Crippen molar-refractivity contribution >= 4 is 11.6 Å². The monoisotopic (exact) mass is 315 g/mol. The first-order valence-electron chi connectivity index (χ1n) is 8.02. The fraction of sp³-hybridized carbons (Fsp3) is 0.400. The summed E-state index contributed by atoms with van der Waals surface area (Å²) in [6.07, 6.45) is 8.49. The van der Waals surface area contributed by atoms with Crippen LogP contribution >= 0.6 is 11.6 Å². The van der Waals surface area contributed by atoms with Crippen LogP contribution in [0.1, 0.15) is 45.2 Å². The van der Waals surface area contributed by atoms with Gasteiger partial charge in [-0.15, -0.1) is 0 Å². The van der Waals surface area contributed by atoms with Crippen molar-refractivity contribution in [2.75, 3.05) is 6.54 Å². The number of benzene rings is 1. The van der Waals surface area contributed by atoms with Gasteiger partial charge >= 0.3 is 0 Å². The predicted molar refractivity (Wildman–Crippen MR) is 97.3 cm³/mol. The van der Waals surface area contributed by atoms with Crippen LogP contribution in [0.5, 0.6) is 0 Å². The van der Waals surface area contributed by atoms with Gasteiger partial charge in [0.2, 0.25) is 0 Å². The zero-order valence-electron chi connectivity index (χ0n) is 13.8. The molecule has 3 unspecified atom stereocenters. The number of hydrogen-bond donors (Lipinski definition) is 0. The molecule has 1 nitrogen and oxygen atoms in total. The topological polar surface area (TPSA) is 3.01 Å². The van der Waals surface area contributed by atoms with Crippen LogP contribution in [0.4, 0.5) is 0 Å². The van der Waals surface area contributed by atoms with E-state index in [9.17, 15) is 0 Å². The van der Waals surface area contributed by atoms with Gasteiger partial charge in [0.15, 0.2) is 0 Å².